The second kappa shape index (κ2) is 3.92. The van der Waals surface area contributed by atoms with Gasteiger partial charge in [-0.2, -0.15) is 0 Å². The highest BCUT2D eigenvalue weighted by Gasteiger charge is 2.16. The summed E-state index contributed by atoms with van der Waals surface area (Å²) < 4.78 is 0. The maximum absolute atomic E-state index is 4.22. The zero-order valence-corrected chi connectivity index (χ0v) is 7.87. The van der Waals surface area contributed by atoms with Gasteiger partial charge in [-0.1, -0.05) is 0 Å². The fourth-order valence-electron chi connectivity index (χ4n) is 1.89. The first-order chi connectivity index (χ1) is 6.34. The van der Waals surface area contributed by atoms with Gasteiger partial charge >= 0.3 is 0 Å². The molecule has 0 aliphatic carbocycles. The van der Waals surface area contributed by atoms with Gasteiger partial charge in [-0.15, -0.1) is 0 Å². The number of imidazole rings is 1. The number of likely N-dealkylation sites (tertiary alicyclic amines) is 1. The average molecular weight is 178 g/mol. The summed E-state index contributed by atoms with van der Waals surface area (Å²) in [5, 5.41) is 0. The fourth-order valence-corrected chi connectivity index (χ4v) is 1.89. The molecule has 1 radical (unpaired) electrons. The molecule has 0 amide bonds. The predicted octanol–water partition coefficient (Wildman–Crippen LogP) is 1.46. The van der Waals surface area contributed by atoms with E-state index in [4.69, 9.17) is 0 Å². The molecule has 3 nitrogen and oxygen atoms in total. The first kappa shape index (κ1) is 8.75. The topological polar surface area (TPSA) is 31.9 Å². The molecule has 3 heteroatoms. The predicted molar refractivity (Wildman–Crippen MR) is 51.9 cm³/mol. The maximum atomic E-state index is 4.22. The van der Waals surface area contributed by atoms with Crippen molar-refractivity contribution in [3.63, 3.8) is 0 Å². The van der Waals surface area contributed by atoms with Gasteiger partial charge in [-0.05, 0) is 32.2 Å². The molecule has 0 spiro atoms. The summed E-state index contributed by atoms with van der Waals surface area (Å²) in [4.78, 5) is 9.76. The number of H-pyrrole nitrogens is 1. The molecule has 1 aliphatic rings. The first-order valence-corrected chi connectivity index (χ1v) is 4.88. The molecule has 1 fully saturated rings. The molecule has 2 rings (SSSR count). The Hall–Kier alpha value is -0.830. The molecule has 1 N–H and O–H groups in total. The monoisotopic (exact) mass is 178 g/mol. The Bertz CT molecular complexity index is 243. The van der Waals surface area contributed by atoms with Crippen LogP contribution in [0.1, 0.15) is 18.7 Å². The highest BCUT2D eigenvalue weighted by molar-refractivity contribution is 4.88. The molecular formula is C10H16N3. The molecule has 1 saturated heterocycles. The van der Waals surface area contributed by atoms with Crippen LogP contribution in [0.25, 0.3) is 0 Å². The number of hydrogen-bond acceptors (Lipinski definition) is 2. The van der Waals surface area contributed by atoms with Gasteiger partial charge in [0.25, 0.3) is 0 Å². The van der Waals surface area contributed by atoms with E-state index in [0.717, 1.165) is 18.9 Å². The second-order valence-electron chi connectivity index (χ2n) is 3.78. The van der Waals surface area contributed by atoms with Gasteiger partial charge in [-0.25, -0.2) is 4.98 Å². The molecule has 13 heavy (non-hydrogen) atoms. The van der Waals surface area contributed by atoms with E-state index >= 15 is 0 Å². The number of nitrogens with one attached hydrogen (secondary N) is 1. The summed E-state index contributed by atoms with van der Waals surface area (Å²) in [6, 6.07) is 0. The zero-order chi connectivity index (χ0) is 9.10. The van der Waals surface area contributed by atoms with Crippen LogP contribution < -0.4 is 0 Å². The Morgan fingerprint density at radius 1 is 1.69 bits per heavy atom. The summed E-state index contributed by atoms with van der Waals surface area (Å²) >= 11 is 0. The molecule has 0 saturated carbocycles. The van der Waals surface area contributed by atoms with Crippen LogP contribution in [0.3, 0.4) is 0 Å². The number of rotatable bonds is 2. The summed E-state index contributed by atoms with van der Waals surface area (Å²) in [6.45, 7) is 7.35. The summed E-state index contributed by atoms with van der Waals surface area (Å²) in [5.41, 5.74) is 0. The van der Waals surface area contributed by atoms with Crippen LogP contribution in [0.15, 0.2) is 12.4 Å². The van der Waals surface area contributed by atoms with Crippen molar-refractivity contribution in [2.75, 3.05) is 13.1 Å². The first-order valence-electron chi connectivity index (χ1n) is 4.88. The lowest BCUT2D eigenvalue weighted by Crippen LogP contribution is -2.34. The lowest BCUT2D eigenvalue weighted by Gasteiger charge is -2.29. The van der Waals surface area contributed by atoms with E-state index in [1.807, 2.05) is 6.20 Å². The van der Waals surface area contributed by atoms with E-state index in [0.29, 0.717) is 5.92 Å². The Morgan fingerprint density at radius 2 is 2.62 bits per heavy atom. The third-order valence-corrected chi connectivity index (χ3v) is 2.53. The quantitative estimate of drug-likeness (QED) is 0.743. The van der Waals surface area contributed by atoms with Crippen LogP contribution in [-0.2, 0) is 6.54 Å². The molecule has 0 aromatic carbocycles. The molecule has 1 aromatic rings. The van der Waals surface area contributed by atoms with Crippen molar-refractivity contribution in [3.8, 4) is 0 Å². The van der Waals surface area contributed by atoms with E-state index in [-0.39, 0.29) is 0 Å². The number of nitrogens with zero attached hydrogens (tertiary/aromatic N) is 2. The van der Waals surface area contributed by atoms with Crippen LogP contribution >= 0.6 is 0 Å². The number of aromatic amines is 1. The Balaban J connectivity index is 1.87. The molecule has 0 bridgehead atoms. The van der Waals surface area contributed by atoms with E-state index in [9.17, 15) is 0 Å². The third kappa shape index (κ3) is 2.31. The van der Waals surface area contributed by atoms with Gasteiger partial charge < -0.3 is 4.98 Å². The Morgan fingerprint density at radius 3 is 3.31 bits per heavy atom. The summed E-state index contributed by atoms with van der Waals surface area (Å²) in [6.07, 6.45) is 6.23. The van der Waals surface area contributed by atoms with Crippen molar-refractivity contribution in [2.24, 2.45) is 5.92 Å². The van der Waals surface area contributed by atoms with Gasteiger partial charge in [-0.3, -0.25) is 4.90 Å². The lowest BCUT2D eigenvalue weighted by molar-refractivity contribution is 0.184. The largest absolute Gasteiger partial charge is 0.348 e. The summed E-state index contributed by atoms with van der Waals surface area (Å²) in [5.74, 6) is 1.66. The molecule has 1 unspecified atom stereocenters. The van der Waals surface area contributed by atoms with Crippen molar-refractivity contribution in [2.45, 2.75) is 19.4 Å². The van der Waals surface area contributed by atoms with Gasteiger partial charge in [0.15, 0.2) is 0 Å². The van der Waals surface area contributed by atoms with Crippen molar-refractivity contribution in [1.29, 1.82) is 0 Å². The zero-order valence-electron chi connectivity index (χ0n) is 7.87. The molecule has 1 aromatic heterocycles. The minimum atomic E-state index is 0.601. The molecular weight excluding hydrogens is 162 g/mol. The molecule has 2 heterocycles. The Kier molecular flexibility index (Phi) is 2.64. The minimum Gasteiger partial charge on any atom is -0.348 e. The maximum Gasteiger partial charge on any atom is 0.120 e. The van der Waals surface area contributed by atoms with Crippen LogP contribution in [-0.4, -0.2) is 28.0 Å². The van der Waals surface area contributed by atoms with Crippen LogP contribution in [0.2, 0.25) is 0 Å². The normalized spacial score (nSPS) is 24.8. The number of piperidine rings is 1. The average Bonchev–Trinajstić information content (AvgIpc) is 2.57. The lowest BCUT2D eigenvalue weighted by atomic mass is 10.0. The smallest absolute Gasteiger partial charge is 0.120 e. The standard InChI is InChI=1S/C10H16N3/c1-9-3-2-6-13(7-9)8-10-11-4-5-12-10/h4-5,9H,1-3,6-8H2,(H,11,12). The van der Waals surface area contributed by atoms with Crippen LogP contribution in [0.5, 0.6) is 0 Å². The van der Waals surface area contributed by atoms with Crippen molar-refractivity contribution < 1.29 is 0 Å². The highest BCUT2D eigenvalue weighted by Crippen LogP contribution is 2.16. The van der Waals surface area contributed by atoms with Gasteiger partial charge in [0.05, 0.1) is 6.54 Å². The number of hydrogen-bond donors (Lipinski definition) is 1. The van der Waals surface area contributed by atoms with Crippen molar-refractivity contribution in [1.82, 2.24) is 14.9 Å². The van der Waals surface area contributed by atoms with Crippen molar-refractivity contribution in [3.05, 3.63) is 25.1 Å². The highest BCUT2D eigenvalue weighted by atomic mass is 15.2. The minimum absolute atomic E-state index is 0.601. The van der Waals surface area contributed by atoms with Crippen LogP contribution in [0, 0.1) is 12.8 Å². The van der Waals surface area contributed by atoms with E-state index in [1.54, 1.807) is 6.20 Å². The van der Waals surface area contributed by atoms with Crippen LogP contribution in [0.4, 0.5) is 0 Å². The SMILES string of the molecule is [CH2]C1CCCN(Cc2ncc[nH]2)C1. The third-order valence-electron chi connectivity index (χ3n) is 2.53. The molecule has 1 atom stereocenters. The Labute approximate surface area is 79.2 Å². The molecule has 71 valence electrons. The summed E-state index contributed by atoms with van der Waals surface area (Å²) in [7, 11) is 0. The van der Waals surface area contributed by atoms with Gasteiger partial charge in [0, 0.05) is 18.9 Å². The van der Waals surface area contributed by atoms with E-state index < -0.39 is 0 Å². The van der Waals surface area contributed by atoms with E-state index in [2.05, 4.69) is 21.8 Å². The fraction of sp³-hybridized carbons (Fsp3) is 0.600. The van der Waals surface area contributed by atoms with Crippen molar-refractivity contribution >= 4 is 0 Å². The van der Waals surface area contributed by atoms with Gasteiger partial charge in [0.2, 0.25) is 0 Å². The second-order valence-corrected chi connectivity index (χ2v) is 3.78. The van der Waals surface area contributed by atoms with Gasteiger partial charge in [0.1, 0.15) is 5.82 Å². The molecule has 1 aliphatic heterocycles. The van der Waals surface area contributed by atoms with E-state index in [1.165, 1.54) is 19.4 Å². The number of aromatic nitrogens is 2.